The molecule has 0 aliphatic carbocycles. The zero-order chi connectivity index (χ0) is 19.8. The van der Waals surface area contributed by atoms with Crippen LogP contribution >= 0.6 is 15.9 Å². The Kier molecular flexibility index (Phi) is 5.09. The smallest absolute Gasteiger partial charge is 0.318 e. The molecular weight excluding hydrogens is 427 g/mol. The van der Waals surface area contributed by atoms with Gasteiger partial charge >= 0.3 is 6.18 Å². The molecule has 1 aromatic carbocycles. The molecule has 0 radical (unpaired) electrons. The van der Waals surface area contributed by atoms with E-state index in [1.54, 1.807) is 10.9 Å². The molecule has 0 saturated heterocycles. The van der Waals surface area contributed by atoms with Crippen molar-refractivity contribution in [3.05, 3.63) is 63.6 Å². The van der Waals surface area contributed by atoms with Gasteiger partial charge in [-0.05, 0) is 34.0 Å². The van der Waals surface area contributed by atoms with E-state index >= 15 is 0 Å². The zero-order valence-corrected chi connectivity index (χ0v) is 16.0. The third-order valence-electron chi connectivity index (χ3n) is 3.96. The number of carbonyl (C=O) groups is 1. The van der Waals surface area contributed by atoms with Crippen LogP contribution < -0.4 is 5.32 Å². The molecule has 2 aromatic heterocycles. The van der Waals surface area contributed by atoms with Crippen molar-refractivity contribution in [1.29, 1.82) is 0 Å². The number of aryl methyl sites for hydroxylation is 2. The fourth-order valence-corrected chi connectivity index (χ4v) is 3.36. The monoisotopic (exact) mass is 441 g/mol. The van der Waals surface area contributed by atoms with E-state index in [9.17, 15) is 18.0 Å². The van der Waals surface area contributed by atoms with Crippen molar-refractivity contribution in [2.24, 2.45) is 7.05 Å². The molecule has 0 saturated carbocycles. The Hall–Kier alpha value is -2.62. The summed E-state index contributed by atoms with van der Waals surface area (Å²) in [5.41, 5.74) is 1.16. The van der Waals surface area contributed by atoms with Crippen molar-refractivity contribution < 1.29 is 18.0 Å². The molecule has 0 unspecified atom stereocenters. The maximum Gasteiger partial charge on any atom is 0.434 e. The molecule has 1 N–H and O–H groups in total. The molecule has 0 aliphatic heterocycles. The van der Waals surface area contributed by atoms with Gasteiger partial charge in [0.15, 0.2) is 11.4 Å². The highest BCUT2D eigenvalue weighted by atomic mass is 79.9. The third kappa shape index (κ3) is 4.05. The predicted molar refractivity (Wildman–Crippen MR) is 96.4 cm³/mol. The number of hydrogen-bond acceptors (Lipinski definition) is 3. The van der Waals surface area contributed by atoms with Gasteiger partial charge in [0.05, 0.1) is 22.9 Å². The Morgan fingerprint density at radius 2 is 2.00 bits per heavy atom. The lowest BCUT2D eigenvalue weighted by atomic mass is 10.1. The van der Waals surface area contributed by atoms with Crippen LogP contribution in [0.5, 0.6) is 0 Å². The Balaban J connectivity index is 1.76. The number of alkyl halides is 3. The number of rotatable bonds is 4. The van der Waals surface area contributed by atoms with E-state index < -0.39 is 22.3 Å². The minimum Gasteiger partial charge on any atom is -0.318 e. The van der Waals surface area contributed by atoms with E-state index in [2.05, 4.69) is 31.4 Å². The molecule has 142 valence electrons. The van der Waals surface area contributed by atoms with Crippen molar-refractivity contribution in [3.63, 3.8) is 0 Å². The minimum atomic E-state index is -4.63. The highest BCUT2D eigenvalue weighted by Crippen LogP contribution is 2.36. The second-order valence-corrected chi connectivity index (χ2v) is 6.73. The number of carbonyl (C=O) groups excluding carboxylic acids is 1. The average molecular weight is 442 g/mol. The van der Waals surface area contributed by atoms with Gasteiger partial charge < -0.3 is 5.32 Å². The maximum atomic E-state index is 13.0. The molecule has 6 nitrogen and oxygen atoms in total. The van der Waals surface area contributed by atoms with Gasteiger partial charge in [-0.1, -0.05) is 24.3 Å². The van der Waals surface area contributed by atoms with Gasteiger partial charge in [0.25, 0.3) is 5.91 Å². The summed E-state index contributed by atoms with van der Waals surface area (Å²) in [7, 11) is 1.13. The maximum absolute atomic E-state index is 13.0. The number of amides is 1. The number of aromatic nitrogens is 4. The van der Waals surface area contributed by atoms with Gasteiger partial charge in [0.1, 0.15) is 0 Å². The quantitative estimate of drug-likeness (QED) is 0.665. The topological polar surface area (TPSA) is 64.7 Å². The van der Waals surface area contributed by atoms with E-state index in [1.807, 2.05) is 31.2 Å². The lowest BCUT2D eigenvalue weighted by Crippen LogP contribution is -2.13. The Labute approximate surface area is 161 Å². The standard InChI is InChI=1S/C17H15BrF3N5O/c1-10-5-3-4-6-11(10)8-26-9-12(7-22-26)23-16(27)14-13(18)15(17(19,20)21)25(2)24-14/h3-7,9H,8H2,1-2H3,(H,23,27). The first-order valence-corrected chi connectivity index (χ1v) is 8.64. The normalized spacial score (nSPS) is 11.6. The van der Waals surface area contributed by atoms with Crippen LogP contribution in [0.25, 0.3) is 0 Å². The summed E-state index contributed by atoms with van der Waals surface area (Å²) in [6.45, 7) is 2.49. The number of nitrogens with zero attached hydrogens (tertiary/aromatic N) is 4. The number of hydrogen-bond donors (Lipinski definition) is 1. The summed E-state index contributed by atoms with van der Waals surface area (Å²) >= 11 is 2.82. The summed E-state index contributed by atoms with van der Waals surface area (Å²) in [4.78, 5) is 12.3. The van der Waals surface area contributed by atoms with Crippen molar-refractivity contribution in [3.8, 4) is 0 Å². The molecule has 10 heteroatoms. The van der Waals surface area contributed by atoms with Crippen molar-refractivity contribution >= 4 is 27.5 Å². The summed E-state index contributed by atoms with van der Waals surface area (Å²) in [5.74, 6) is -0.761. The first kappa shape index (κ1) is 19.2. The van der Waals surface area contributed by atoms with Crippen LogP contribution in [0.3, 0.4) is 0 Å². The van der Waals surface area contributed by atoms with Gasteiger partial charge in [-0.2, -0.15) is 23.4 Å². The molecular formula is C17H15BrF3N5O. The van der Waals surface area contributed by atoms with E-state index in [-0.39, 0.29) is 5.69 Å². The van der Waals surface area contributed by atoms with Crippen LogP contribution in [0.2, 0.25) is 0 Å². The van der Waals surface area contributed by atoms with Gasteiger partial charge in [0.2, 0.25) is 0 Å². The Morgan fingerprint density at radius 3 is 2.63 bits per heavy atom. The predicted octanol–water partition coefficient (Wildman–Crippen LogP) is 4.01. The summed E-state index contributed by atoms with van der Waals surface area (Å²) < 4.78 is 40.9. The SMILES string of the molecule is Cc1ccccc1Cn1cc(NC(=O)c2nn(C)c(C(F)(F)F)c2Br)cn1. The van der Waals surface area contributed by atoms with Gasteiger partial charge in [-0.25, -0.2) is 0 Å². The molecule has 27 heavy (non-hydrogen) atoms. The molecule has 1 amide bonds. The molecule has 2 heterocycles. The van der Waals surface area contributed by atoms with Crippen molar-refractivity contribution in [1.82, 2.24) is 19.6 Å². The fourth-order valence-electron chi connectivity index (χ4n) is 2.62. The van der Waals surface area contributed by atoms with Crippen LogP contribution in [0.15, 0.2) is 41.1 Å². The van der Waals surface area contributed by atoms with E-state index in [4.69, 9.17) is 0 Å². The van der Waals surface area contributed by atoms with E-state index in [0.29, 0.717) is 16.9 Å². The largest absolute Gasteiger partial charge is 0.434 e. The molecule has 0 aliphatic rings. The Morgan fingerprint density at radius 1 is 1.30 bits per heavy atom. The summed E-state index contributed by atoms with van der Waals surface area (Å²) in [5, 5.41) is 10.4. The average Bonchev–Trinajstić information content (AvgIpc) is 3.12. The van der Waals surface area contributed by atoms with Gasteiger partial charge in [-0.3, -0.25) is 14.2 Å². The second-order valence-electron chi connectivity index (χ2n) is 5.94. The Bertz CT molecular complexity index is 993. The summed E-state index contributed by atoms with van der Waals surface area (Å²) in [6.07, 6.45) is -1.60. The molecule has 0 bridgehead atoms. The number of nitrogens with one attached hydrogen (secondary N) is 1. The fraction of sp³-hybridized carbons (Fsp3) is 0.235. The highest BCUT2D eigenvalue weighted by molar-refractivity contribution is 9.10. The molecule has 3 aromatic rings. The van der Waals surface area contributed by atoms with Crippen LogP contribution in [-0.4, -0.2) is 25.5 Å². The highest BCUT2D eigenvalue weighted by Gasteiger charge is 2.39. The minimum absolute atomic E-state index is 0.350. The first-order chi connectivity index (χ1) is 12.7. The lowest BCUT2D eigenvalue weighted by Gasteiger charge is -2.06. The van der Waals surface area contributed by atoms with Gasteiger partial charge in [-0.15, -0.1) is 0 Å². The second kappa shape index (κ2) is 7.18. The molecule has 0 atom stereocenters. The van der Waals surface area contributed by atoms with Crippen LogP contribution in [0, 0.1) is 6.92 Å². The lowest BCUT2D eigenvalue weighted by molar-refractivity contribution is -0.144. The van der Waals surface area contributed by atoms with E-state index in [0.717, 1.165) is 18.2 Å². The van der Waals surface area contributed by atoms with Gasteiger partial charge in [0, 0.05) is 13.2 Å². The van der Waals surface area contributed by atoms with Crippen molar-refractivity contribution in [2.45, 2.75) is 19.6 Å². The van der Waals surface area contributed by atoms with Crippen molar-refractivity contribution in [2.75, 3.05) is 5.32 Å². The number of anilines is 1. The first-order valence-electron chi connectivity index (χ1n) is 7.85. The summed E-state index contributed by atoms with van der Waals surface area (Å²) in [6, 6.07) is 7.82. The zero-order valence-electron chi connectivity index (χ0n) is 14.4. The number of benzene rings is 1. The molecule has 0 fully saturated rings. The number of halogens is 4. The molecule has 0 spiro atoms. The van der Waals surface area contributed by atoms with E-state index in [1.165, 1.54) is 6.20 Å². The van der Waals surface area contributed by atoms with Crippen LogP contribution in [0.4, 0.5) is 18.9 Å². The van der Waals surface area contributed by atoms with Crippen LogP contribution in [-0.2, 0) is 19.8 Å². The third-order valence-corrected chi connectivity index (χ3v) is 4.71. The van der Waals surface area contributed by atoms with Crippen LogP contribution in [0.1, 0.15) is 27.3 Å². The molecule has 3 rings (SSSR count).